The molecule has 1 fully saturated rings. The van der Waals surface area contributed by atoms with Gasteiger partial charge < -0.3 is 5.32 Å². The molecule has 2 rings (SSSR count). The van der Waals surface area contributed by atoms with Crippen LogP contribution >= 0.6 is 0 Å². The molecular formula is C16H22F3N. The van der Waals surface area contributed by atoms with Crippen LogP contribution in [-0.4, -0.2) is 6.04 Å². The Hall–Kier alpha value is -1.03. The fourth-order valence-electron chi connectivity index (χ4n) is 2.87. The minimum atomic E-state index is -4.26. The van der Waals surface area contributed by atoms with Crippen LogP contribution in [0.4, 0.5) is 13.2 Å². The standard InChI is InChI=1S/C16H22F3N/c17-16(18,19)15-11-7-6-8-13(15)12-20-14-9-4-2-1-3-5-10-14/h6-8,11,14,20H,1-5,9-10,12H2. The highest BCUT2D eigenvalue weighted by Crippen LogP contribution is 2.32. The molecule has 1 aromatic rings. The summed E-state index contributed by atoms with van der Waals surface area (Å²) in [7, 11) is 0. The highest BCUT2D eigenvalue weighted by Gasteiger charge is 2.32. The Bertz CT molecular complexity index is 406. The van der Waals surface area contributed by atoms with E-state index in [-0.39, 0.29) is 0 Å². The lowest BCUT2D eigenvalue weighted by Gasteiger charge is -2.22. The van der Waals surface area contributed by atoms with Crippen LogP contribution in [0.3, 0.4) is 0 Å². The largest absolute Gasteiger partial charge is 0.416 e. The van der Waals surface area contributed by atoms with Crippen molar-refractivity contribution in [3.63, 3.8) is 0 Å². The maximum absolute atomic E-state index is 12.9. The van der Waals surface area contributed by atoms with Gasteiger partial charge in [-0.3, -0.25) is 0 Å². The molecule has 20 heavy (non-hydrogen) atoms. The van der Waals surface area contributed by atoms with Gasteiger partial charge >= 0.3 is 6.18 Å². The molecule has 0 radical (unpaired) electrons. The number of alkyl halides is 3. The zero-order valence-electron chi connectivity index (χ0n) is 11.7. The van der Waals surface area contributed by atoms with Crippen molar-refractivity contribution in [2.45, 2.75) is 63.7 Å². The Morgan fingerprint density at radius 1 is 0.950 bits per heavy atom. The predicted molar refractivity (Wildman–Crippen MR) is 74.4 cm³/mol. The van der Waals surface area contributed by atoms with Gasteiger partial charge in [0.1, 0.15) is 0 Å². The summed E-state index contributed by atoms with van der Waals surface area (Å²) in [5.74, 6) is 0. The maximum Gasteiger partial charge on any atom is 0.416 e. The van der Waals surface area contributed by atoms with Crippen LogP contribution in [0.2, 0.25) is 0 Å². The summed E-state index contributed by atoms with van der Waals surface area (Å²) >= 11 is 0. The number of hydrogen-bond donors (Lipinski definition) is 1. The number of halogens is 3. The normalized spacial score (nSPS) is 18.6. The molecule has 0 atom stereocenters. The average Bonchev–Trinajstić information content (AvgIpc) is 2.37. The van der Waals surface area contributed by atoms with E-state index in [0.29, 0.717) is 18.2 Å². The Labute approximate surface area is 118 Å². The first-order chi connectivity index (χ1) is 9.57. The van der Waals surface area contributed by atoms with Gasteiger partial charge in [0.15, 0.2) is 0 Å². The third-order valence-electron chi connectivity index (χ3n) is 4.01. The van der Waals surface area contributed by atoms with E-state index in [0.717, 1.165) is 18.9 Å². The van der Waals surface area contributed by atoms with Gasteiger partial charge in [-0.15, -0.1) is 0 Å². The lowest BCUT2D eigenvalue weighted by molar-refractivity contribution is -0.138. The second-order valence-corrected chi connectivity index (χ2v) is 5.58. The number of hydrogen-bond acceptors (Lipinski definition) is 1. The van der Waals surface area contributed by atoms with Crippen molar-refractivity contribution in [3.8, 4) is 0 Å². The summed E-state index contributed by atoms with van der Waals surface area (Å²) in [6.07, 6.45) is 4.04. The Morgan fingerprint density at radius 2 is 1.55 bits per heavy atom. The molecule has 1 aliphatic rings. The van der Waals surface area contributed by atoms with E-state index >= 15 is 0 Å². The second-order valence-electron chi connectivity index (χ2n) is 5.58. The molecule has 0 amide bonds. The number of nitrogens with one attached hydrogen (secondary N) is 1. The summed E-state index contributed by atoms with van der Waals surface area (Å²) in [4.78, 5) is 0. The van der Waals surface area contributed by atoms with E-state index in [9.17, 15) is 13.2 Å². The van der Waals surface area contributed by atoms with Gasteiger partial charge in [-0.25, -0.2) is 0 Å². The van der Waals surface area contributed by atoms with Gasteiger partial charge in [0, 0.05) is 12.6 Å². The monoisotopic (exact) mass is 285 g/mol. The molecule has 4 heteroatoms. The molecule has 1 N–H and O–H groups in total. The van der Waals surface area contributed by atoms with Crippen LogP contribution in [0, 0.1) is 0 Å². The summed E-state index contributed by atoms with van der Waals surface area (Å²) in [6, 6.07) is 6.21. The first-order valence-corrected chi connectivity index (χ1v) is 7.46. The van der Waals surface area contributed by atoms with Crippen LogP contribution < -0.4 is 5.32 Å². The van der Waals surface area contributed by atoms with Crippen molar-refractivity contribution in [2.75, 3.05) is 0 Å². The zero-order chi connectivity index (χ0) is 14.4. The van der Waals surface area contributed by atoms with Crippen LogP contribution in [0.15, 0.2) is 24.3 Å². The van der Waals surface area contributed by atoms with Gasteiger partial charge in [-0.1, -0.05) is 50.3 Å². The molecule has 1 saturated carbocycles. The van der Waals surface area contributed by atoms with Crippen LogP contribution in [-0.2, 0) is 12.7 Å². The van der Waals surface area contributed by atoms with Crippen molar-refractivity contribution >= 4 is 0 Å². The molecule has 0 heterocycles. The van der Waals surface area contributed by atoms with E-state index in [4.69, 9.17) is 0 Å². The van der Waals surface area contributed by atoms with E-state index < -0.39 is 11.7 Å². The number of rotatable bonds is 3. The summed E-state index contributed by atoms with van der Waals surface area (Å²) in [5, 5.41) is 3.32. The molecule has 1 aliphatic carbocycles. The van der Waals surface area contributed by atoms with Crippen molar-refractivity contribution in [3.05, 3.63) is 35.4 Å². The van der Waals surface area contributed by atoms with Crippen LogP contribution in [0.5, 0.6) is 0 Å². The Morgan fingerprint density at radius 3 is 2.20 bits per heavy atom. The lowest BCUT2D eigenvalue weighted by atomic mass is 9.96. The average molecular weight is 285 g/mol. The molecule has 1 aromatic carbocycles. The topological polar surface area (TPSA) is 12.0 Å². The molecule has 0 spiro atoms. The predicted octanol–water partition coefficient (Wildman–Crippen LogP) is 4.91. The highest BCUT2D eigenvalue weighted by atomic mass is 19.4. The van der Waals surface area contributed by atoms with Crippen molar-refractivity contribution in [1.29, 1.82) is 0 Å². The SMILES string of the molecule is FC(F)(F)c1ccccc1CNC1CCCCCCC1. The summed E-state index contributed by atoms with van der Waals surface area (Å²) in [5.41, 5.74) is -0.166. The molecule has 0 aliphatic heterocycles. The second kappa shape index (κ2) is 7.11. The minimum absolute atomic E-state index is 0.306. The van der Waals surface area contributed by atoms with Crippen LogP contribution in [0.1, 0.15) is 56.1 Å². The molecule has 1 nitrogen and oxygen atoms in total. The van der Waals surface area contributed by atoms with E-state index in [1.54, 1.807) is 12.1 Å². The third kappa shape index (κ3) is 4.51. The zero-order valence-corrected chi connectivity index (χ0v) is 11.7. The van der Waals surface area contributed by atoms with Crippen molar-refractivity contribution < 1.29 is 13.2 Å². The molecular weight excluding hydrogens is 263 g/mol. The Balaban J connectivity index is 1.96. The summed E-state index contributed by atoms with van der Waals surface area (Å²) < 4.78 is 38.7. The van der Waals surface area contributed by atoms with Gasteiger partial charge in [0.05, 0.1) is 5.56 Å². The van der Waals surface area contributed by atoms with E-state index in [2.05, 4.69) is 5.32 Å². The van der Waals surface area contributed by atoms with Gasteiger partial charge in [-0.2, -0.15) is 13.2 Å². The molecule has 0 saturated heterocycles. The lowest BCUT2D eigenvalue weighted by Crippen LogP contribution is -2.30. The van der Waals surface area contributed by atoms with E-state index in [1.807, 2.05) is 0 Å². The first-order valence-electron chi connectivity index (χ1n) is 7.46. The van der Waals surface area contributed by atoms with Gasteiger partial charge in [-0.05, 0) is 24.5 Å². The fourth-order valence-corrected chi connectivity index (χ4v) is 2.87. The molecule has 0 bridgehead atoms. The minimum Gasteiger partial charge on any atom is -0.310 e. The smallest absolute Gasteiger partial charge is 0.310 e. The summed E-state index contributed by atoms with van der Waals surface area (Å²) in [6.45, 7) is 0.306. The first kappa shape index (κ1) is 15.4. The Kier molecular flexibility index (Phi) is 5.46. The fraction of sp³-hybridized carbons (Fsp3) is 0.625. The maximum atomic E-state index is 12.9. The molecule has 0 aromatic heterocycles. The number of benzene rings is 1. The quantitative estimate of drug-likeness (QED) is 0.832. The molecule has 0 unspecified atom stereocenters. The highest BCUT2D eigenvalue weighted by molar-refractivity contribution is 5.29. The molecule has 112 valence electrons. The van der Waals surface area contributed by atoms with Gasteiger partial charge in [0.2, 0.25) is 0 Å². The van der Waals surface area contributed by atoms with E-state index in [1.165, 1.54) is 38.2 Å². The van der Waals surface area contributed by atoms with Gasteiger partial charge in [0.25, 0.3) is 0 Å². The van der Waals surface area contributed by atoms with Crippen molar-refractivity contribution in [2.24, 2.45) is 0 Å². The third-order valence-corrected chi connectivity index (χ3v) is 4.01. The van der Waals surface area contributed by atoms with Crippen molar-refractivity contribution in [1.82, 2.24) is 5.32 Å². The van der Waals surface area contributed by atoms with Crippen LogP contribution in [0.25, 0.3) is 0 Å².